The van der Waals surface area contributed by atoms with Gasteiger partial charge in [0.25, 0.3) is 0 Å². The van der Waals surface area contributed by atoms with Gasteiger partial charge in [0.2, 0.25) is 23.6 Å². The molecule has 1 aliphatic rings. The van der Waals surface area contributed by atoms with E-state index < -0.39 is 53.2 Å². The predicted octanol–water partition coefficient (Wildman–Crippen LogP) is 3.69. The molecule has 0 saturated carbocycles. The van der Waals surface area contributed by atoms with Gasteiger partial charge in [-0.15, -0.1) is 11.3 Å². The van der Waals surface area contributed by atoms with Crippen molar-refractivity contribution in [3.05, 3.63) is 93.7 Å². The second kappa shape index (κ2) is 22.7. The number of nitrogens with zero attached hydrogens (tertiary/aromatic N) is 1. The summed E-state index contributed by atoms with van der Waals surface area (Å²) in [5.74, 6) is -2.31. The summed E-state index contributed by atoms with van der Waals surface area (Å²) in [6.45, 7) is 10.00. The Kier molecular flexibility index (Phi) is 18.1. The minimum absolute atomic E-state index is 0.00739. The first-order valence-corrected chi connectivity index (χ1v) is 22.8. The van der Waals surface area contributed by atoms with E-state index in [2.05, 4.69) is 21.3 Å². The number of rotatable bonds is 23. The van der Waals surface area contributed by atoms with E-state index in [1.807, 2.05) is 93.7 Å². The van der Waals surface area contributed by atoms with Crippen LogP contribution >= 0.6 is 11.3 Å². The smallest absolute Gasteiger partial charge is 0.409 e. The maximum absolute atomic E-state index is 14.4. The van der Waals surface area contributed by atoms with E-state index in [4.69, 9.17) is 9.47 Å². The molecule has 4 rings (SSSR count). The molecule has 6 atom stereocenters. The van der Waals surface area contributed by atoms with Gasteiger partial charge < -0.3 is 35.6 Å². The van der Waals surface area contributed by atoms with Crippen LogP contribution in [-0.2, 0) is 59.3 Å². The highest BCUT2D eigenvalue weighted by atomic mass is 32.1. The Morgan fingerprint density at radius 1 is 0.850 bits per heavy atom. The number of benzene rings is 2. The average molecular weight is 862 g/mol. The monoisotopic (exact) mass is 861 g/mol. The Morgan fingerprint density at radius 2 is 1.45 bits per heavy atom. The zero-order valence-electron chi connectivity index (χ0n) is 36.2. The second-order valence-corrected chi connectivity index (χ2v) is 19.3. The highest BCUT2D eigenvalue weighted by Gasteiger charge is 2.40. The van der Waals surface area contributed by atoms with Crippen molar-refractivity contribution in [2.45, 2.75) is 109 Å². The van der Waals surface area contributed by atoms with Gasteiger partial charge in [-0.05, 0) is 79.0 Å². The van der Waals surface area contributed by atoms with Crippen LogP contribution in [-0.4, -0.2) is 101 Å². The van der Waals surface area contributed by atoms with Gasteiger partial charge in [0.05, 0.1) is 25.0 Å². The lowest BCUT2D eigenvalue weighted by Gasteiger charge is -2.33. The molecule has 0 bridgehead atoms. The number of nitrogens with one attached hydrogen (secondary N) is 4. The summed E-state index contributed by atoms with van der Waals surface area (Å²) in [5, 5.41) is 13.9. The van der Waals surface area contributed by atoms with Crippen LogP contribution in [0.4, 0.5) is 4.79 Å². The molecule has 1 saturated heterocycles. The number of carbonyl (C=O) groups excluding carboxylic acids is 6. The van der Waals surface area contributed by atoms with Crippen molar-refractivity contribution in [2.75, 3.05) is 20.7 Å². The first-order chi connectivity index (χ1) is 28.4. The standard InChI is InChI=1S/C45H63N5O8SSi/c1-28(2)20-35(39(52)37-26-57-37)46-40(53)34(23-31-16-12-9-13-17-31)42(60)48-41(54)36(21-29(3)4)47-43(55)45(5,19-18-30-14-10-8-11-15-30)49-38(51)24-32-22-33(59-27-32)25-58-44(56)50(6)7/h8-17,22,27-29,34-37,42H,18-21,23-26H2,1-7,60H3,(H,46,53)(H,47,55)(H,48,54)(H,49,51). The number of thiophene rings is 1. The molecule has 5 amide bonds. The Bertz CT molecular complexity index is 1900. The number of ether oxygens (including phenoxy) is 2. The first kappa shape index (κ1) is 47.8. The molecule has 0 radical (unpaired) electrons. The fraction of sp³-hybridized carbons (Fsp3) is 0.511. The SMILES string of the molecule is CC(C)CC(NC(=O)C(C)(CCc1ccccc1)NC(=O)Cc1csc(COC(=O)N(C)C)c1)C(=O)NC([SiH3])C(Cc1ccccc1)C(=O)NC(CC(C)C)C(=O)C1CO1. The summed E-state index contributed by atoms with van der Waals surface area (Å²) in [4.78, 5) is 83.6. The molecule has 6 unspecified atom stereocenters. The first-order valence-electron chi connectivity index (χ1n) is 20.8. The van der Waals surface area contributed by atoms with Crippen LogP contribution < -0.4 is 21.3 Å². The van der Waals surface area contributed by atoms with E-state index in [0.29, 0.717) is 48.1 Å². The van der Waals surface area contributed by atoms with E-state index in [9.17, 15) is 28.8 Å². The maximum atomic E-state index is 14.4. The van der Waals surface area contributed by atoms with Gasteiger partial charge in [0.1, 0.15) is 24.3 Å². The Balaban J connectivity index is 1.52. The highest BCUT2D eigenvalue weighted by molar-refractivity contribution is 7.10. The molecular weight excluding hydrogens is 799 g/mol. The number of ketones is 1. The third-order valence-corrected chi connectivity index (χ3v) is 12.5. The molecule has 1 fully saturated rings. The van der Waals surface area contributed by atoms with Crippen molar-refractivity contribution in [1.29, 1.82) is 0 Å². The number of hydrogen-bond acceptors (Lipinski definition) is 9. The summed E-state index contributed by atoms with van der Waals surface area (Å²) in [7, 11) is 3.59. The van der Waals surface area contributed by atoms with E-state index in [1.165, 1.54) is 16.2 Å². The highest BCUT2D eigenvalue weighted by Crippen LogP contribution is 2.22. The molecule has 13 nitrogen and oxygen atoms in total. The zero-order valence-corrected chi connectivity index (χ0v) is 39.1. The van der Waals surface area contributed by atoms with Gasteiger partial charge in [-0.25, -0.2) is 4.79 Å². The maximum Gasteiger partial charge on any atom is 0.409 e. The Morgan fingerprint density at radius 3 is 2.03 bits per heavy atom. The lowest BCUT2D eigenvalue weighted by atomic mass is 9.90. The van der Waals surface area contributed by atoms with Crippen molar-refractivity contribution in [3.63, 3.8) is 0 Å². The van der Waals surface area contributed by atoms with Gasteiger partial charge >= 0.3 is 6.09 Å². The lowest BCUT2D eigenvalue weighted by Crippen LogP contribution is -2.62. The van der Waals surface area contributed by atoms with E-state index >= 15 is 0 Å². The summed E-state index contributed by atoms with van der Waals surface area (Å²) in [6, 6.07) is 19.3. The molecule has 0 aliphatic carbocycles. The molecule has 3 aromatic rings. The molecule has 2 aromatic carbocycles. The largest absolute Gasteiger partial charge is 0.444 e. The molecule has 2 heterocycles. The van der Waals surface area contributed by atoms with Gasteiger partial charge in [0.15, 0.2) is 5.78 Å². The van der Waals surface area contributed by atoms with E-state index in [1.54, 1.807) is 27.1 Å². The summed E-state index contributed by atoms with van der Waals surface area (Å²) >= 11 is 1.37. The van der Waals surface area contributed by atoms with E-state index in [0.717, 1.165) is 16.0 Å². The zero-order chi connectivity index (χ0) is 44.0. The Hall–Kier alpha value is -4.86. The fourth-order valence-electron chi connectivity index (χ4n) is 6.91. The van der Waals surface area contributed by atoms with Gasteiger partial charge in [-0.3, -0.25) is 24.0 Å². The topological polar surface area (TPSA) is 176 Å². The molecule has 326 valence electrons. The van der Waals surface area contributed by atoms with Crippen LogP contribution in [0.5, 0.6) is 0 Å². The minimum atomic E-state index is -1.40. The lowest BCUT2D eigenvalue weighted by molar-refractivity contribution is -0.136. The van der Waals surface area contributed by atoms with Gasteiger partial charge in [-0.2, -0.15) is 0 Å². The minimum Gasteiger partial charge on any atom is -0.444 e. The van der Waals surface area contributed by atoms with Crippen LogP contribution in [0.2, 0.25) is 0 Å². The second-order valence-electron chi connectivity index (χ2n) is 17.1. The van der Waals surface area contributed by atoms with Crippen molar-refractivity contribution < 1.29 is 38.2 Å². The third-order valence-electron chi connectivity index (χ3n) is 10.4. The number of Topliss-reactive ketones (excluding diaryl/α,β-unsaturated/α-hetero) is 1. The molecule has 0 spiro atoms. The van der Waals surface area contributed by atoms with Crippen molar-refractivity contribution >= 4 is 57.1 Å². The Labute approximate surface area is 361 Å². The van der Waals surface area contributed by atoms with Crippen molar-refractivity contribution in [1.82, 2.24) is 26.2 Å². The molecule has 60 heavy (non-hydrogen) atoms. The van der Waals surface area contributed by atoms with Gasteiger partial charge in [-0.1, -0.05) is 88.4 Å². The van der Waals surface area contributed by atoms with Crippen molar-refractivity contribution in [3.8, 4) is 0 Å². The summed E-state index contributed by atoms with van der Waals surface area (Å²) in [5.41, 5.74) is 0.655. The average Bonchev–Trinajstić information content (AvgIpc) is 3.96. The molecule has 1 aromatic heterocycles. The van der Waals surface area contributed by atoms with Crippen LogP contribution in [0.3, 0.4) is 0 Å². The number of carbonyl (C=O) groups is 6. The van der Waals surface area contributed by atoms with Crippen molar-refractivity contribution in [2.24, 2.45) is 17.8 Å². The molecule has 4 N–H and O–H groups in total. The van der Waals surface area contributed by atoms with Crippen LogP contribution in [0.1, 0.15) is 75.4 Å². The predicted molar refractivity (Wildman–Crippen MR) is 236 cm³/mol. The quantitative estimate of drug-likeness (QED) is 0.0826. The van der Waals surface area contributed by atoms with Crippen LogP contribution in [0, 0.1) is 17.8 Å². The molecular formula is C45H63N5O8SSi. The van der Waals surface area contributed by atoms with Gasteiger partial charge in [0, 0.05) is 34.9 Å². The number of epoxide rings is 1. The number of hydrogen-bond donors (Lipinski definition) is 4. The fourth-order valence-corrected chi connectivity index (χ4v) is 8.53. The molecule has 15 heteroatoms. The molecule has 1 aliphatic heterocycles. The number of aryl methyl sites for hydroxylation is 1. The van der Waals surface area contributed by atoms with Crippen LogP contribution in [0.15, 0.2) is 72.1 Å². The summed E-state index contributed by atoms with van der Waals surface area (Å²) < 4.78 is 10.5. The summed E-state index contributed by atoms with van der Waals surface area (Å²) in [6.07, 6.45) is 0.865. The number of amides is 5. The normalized spacial score (nSPS) is 16.4. The van der Waals surface area contributed by atoms with Crippen LogP contribution in [0.25, 0.3) is 0 Å². The van der Waals surface area contributed by atoms with E-state index in [-0.39, 0.29) is 48.9 Å². The third kappa shape index (κ3) is 15.3.